The van der Waals surface area contributed by atoms with Crippen molar-refractivity contribution in [3.05, 3.63) is 18.3 Å². The van der Waals surface area contributed by atoms with Crippen LogP contribution in [0.15, 0.2) is 18.3 Å². The molecule has 1 aromatic heterocycles. The van der Waals surface area contributed by atoms with Crippen molar-refractivity contribution >= 4 is 23.4 Å². The maximum atomic E-state index is 12.1. The Morgan fingerprint density at radius 2 is 2.10 bits per heavy atom. The van der Waals surface area contributed by atoms with Crippen LogP contribution in [0.2, 0.25) is 0 Å². The monoisotopic (exact) mass is 278 g/mol. The van der Waals surface area contributed by atoms with Gasteiger partial charge in [0.2, 0.25) is 5.91 Å². The summed E-state index contributed by atoms with van der Waals surface area (Å²) in [5.74, 6) is -0.394. The fourth-order valence-corrected chi connectivity index (χ4v) is 2.11. The first-order chi connectivity index (χ1) is 9.47. The Hall–Kier alpha value is -2.15. The van der Waals surface area contributed by atoms with Gasteiger partial charge in [0, 0.05) is 32.0 Å². The van der Waals surface area contributed by atoms with Crippen LogP contribution < -0.4 is 15.5 Å². The molecule has 0 bridgehead atoms. The molecule has 7 heteroatoms. The number of aliphatic carboxylic acids is 1. The van der Waals surface area contributed by atoms with Gasteiger partial charge in [0.1, 0.15) is 11.9 Å². The Morgan fingerprint density at radius 3 is 2.70 bits per heavy atom. The van der Waals surface area contributed by atoms with Crippen LogP contribution in [0.3, 0.4) is 0 Å². The third kappa shape index (κ3) is 3.24. The summed E-state index contributed by atoms with van der Waals surface area (Å²) in [6.07, 6.45) is 2.61. The molecule has 0 unspecified atom stereocenters. The molecule has 108 valence electrons. The number of anilines is 2. The highest BCUT2D eigenvalue weighted by atomic mass is 16.4. The first-order valence-corrected chi connectivity index (χ1v) is 6.40. The summed E-state index contributed by atoms with van der Waals surface area (Å²) in [5.41, 5.74) is 0.647. The summed E-state index contributed by atoms with van der Waals surface area (Å²) in [5, 5.41) is 14.5. The summed E-state index contributed by atoms with van der Waals surface area (Å²) in [4.78, 5) is 28.9. The Kier molecular flexibility index (Phi) is 4.19. The van der Waals surface area contributed by atoms with Crippen molar-refractivity contribution in [3.8, 4) is 0 Å². The van der Waals surface area contributed by atoms with Crippen molar-refractivity contribution in [2.75, 3.05) is 24.3 Å². The molecule has 2 heterocycles. The normalized spacial score (nSPS) is 21.5. The number of aromatic nitrogens is 1. The molecule has 1 aliphatic rings. The van der Waals surface area contributed by atoms with Gasteiger partial charge >= 0.3 is 5.97 Å². The fourth-order valence-electron chi connectivity index (χ4n) is 2.11. The Bertz CT molecular complexity index is 518. The number of carbonyl (C=O) groups excluding carboxylic acids is 1. The second-order valence-corrected chi connectivity index (χ2v) is 4.97. The SMILES string of the molecule is CN(C)c1cc(NC(=O)[C@H]2CC[C@@H](C(=O)O)N2)ccn1. The molecule has 0 aliphatic carbocycles. The Labute approximate surface area is 117 Å². The topological polar surface area (TPSA) is 94.6 Å². The second-order valence-electron chi connectivity index (χ2n) is 4.97. The zero-order valence-electron chi connectivity index (χ0n) is 11.5. The molecule has 1 saturated heterocycles. The van der Waals surface area contributed by atoms with Crippen molar-refractivity contribution in [1.29, 1.82) is 0 Å². The van der Waals surface area contributed by atoms with Crippen molar-refractivity contribution in [2.24, 2.45) is 0 Å². The standard InChI is InChI=1S/C13H18N4O3/c1-17(2)11-7-8(5-6-14-11)15-12(18)9-3-4-10(16-9)13(19)20/h5-7,9-10,16H,3-4H2,1-2H3,(H,19,20)(H,14,15,18)/t9-,10+/m1/s1. The molecule has 1 amide bonds. The van der Waals surface area contributed by atoms with Gasteiger partial charge in [-0.3, -0.25) is 14.9 Å². The minimum absolute atomic E-state index is 0.218. The minimum Gasteiger partial charge on any atom is -0.480 e. The number of hydrogen-bond donors (Lipinski definition) is 3. The van der Waals surface area contributed by atoms with Crippen LogP contribution in [0.4, 0.5) is 11.5 Å². The molecular formula is C13H18N4O3. The predicted molar refractivity (Wildman–Crippen MR) is 74.8 cm³/mol. The third-order valence-electron chi connectivity index (χ3n) is 3.23. The summed E-state index contributed by atoms with van der Waals surface area (Å²) >= 11 is 0. The first kappa shape index (κ1) is 14.3. The lowest BCUT2D eigenvalue weighted by molar-refractivity contribution is -0.139. The lowest BCUT2D eigenvalue weighted by Gasteiger charge is -2.15. The molecule has 2 rings (SSSR count). The lowest BCUT2D eigenvalue weighted by Crippen LogP contribution is -2.41. The maximum Gasteiger partial charge on any atom is 0.320 e. The van der Waals surface area contributed by atoms with Crippen LogP contribution in [0.1, 0.15) is 12.8 Å². The van der Waals surface area contributed by atoms with Crippen molar-refractivity contribution in [1.82, 2.24) is 10.3 Å². The number of carbonyl (C=O) groups is 2. The summed E-state index contributed by atoms with van der Waals surface area (Å²) in [7, 11) is 3.73. The molecule has 0 saturated carbocycles. The quantitative estimate of drug-likeness (QED) is 0.733. The molecule has 1 aliphatic heterocycles. The van der Waals surface area contributed by atoms with Gasteiger partial charge < -0.3 is 15.3 Å². The highest BCUT2D eigenvalue weighted by molar-refractivity contribution is 5.96. The average molecular weight is 278 g/mol. The smallest absolute Gasteiger partial charge is 0.320 e. The average Bonchev–Trinajstić information content (AvgIpc) is 2.88. The van der Waals surface area contributed by atoms with E-state index in [4.69, 9.17) is 5.11 Å². The number of hydrogen-bond acceptors (Lipinski definition) is 5. The van der Waals surface area contributed by atoms with Gasteiger partial charge in [0.15, 0.2) is 0 Å². The van der Waals surface area contributed by atoms with E-state index >= 15 is 0 Å². The molecule has 1 aromatic rings. The van der Waals surface area contributed by atoms with Gasteiger partial charge in [-0.15, -0.1) is 0 Å². The van der Waals surface area contributed by atoms with Crippen LogP contribution in [-0.4, -0.2) is 48.1 Å². The second kappa shape index (κ2) is 5.87. The van der Waals surface area contributed by atoms with Gasteiger partial charge in [0.25, 0.3) is 0 Å². The van der Waals surface area contributed by atoms with Gasteiger partial charge in [-0.05, 0) is 18.9 Å². The fraction of sp³-hybridized carbons (Fsp3) is 0.462. The number of pyridine rings is 1. The van der Waals surface area contributed by atoms with Crippen molar-refractivity contribution in [3.63, 3.8) is 0 Å². The van der Waals surface area contributed by atoms with E-state index < -0.39 is 18.1 Å². The lowest BCUT2D eigenvalue weighted by atomic mass is 10.2. The summed E-state index contributed by atoms with van der Waals surface area (Å²) in [6.45, 7) is 0. The predicted octanol–water partition coefficient (Wildman–Crippen LogP) is 0.291. The van der Waals surface area contributed by atoms with E-state index in [0.717, 1.165) is 5.82 Å². The number of amides is 1. The van der Waals surface area contributed by atoms with E-state index in [0.29, 0.717) is 18.5 Å². The largest absolute Gasteiger partial charge is 0.480 e. The number of carboxylic acids is 1. The van der Waals surface area contributed by atoms with E-state index in [9.17, 15) is 9.59 Å². The minimum atomic E-state index is -0.917. The van der Waals surface area contributed by atoms with Crippen LogP contribution in [0.5, 0.6) is 0 Å². The van der Waals surface area contributed by atoms with Crippen LogP contribution in [-0.2, 0) is 9.59 Å². The molecular weight excluding hydrogens is 260 g/mol. The van der Waals surface area contributed by atoms with Crippen LogP contribution >= 0.6 is 0 Å². The van der Waals surface area contributed by atoms with E-state index in [1.807, 2.05) is 19.0 Å². The number of nitrogens with one attached hydrogen (secondary N) is 2. The highest BCUT2D eigenvalue weighted by Gasteiger charge is 2.32. The van der Waals surface area contributed by atoms with E-state index in [2.05, 4.69) is 15.6 Å². The maximum absolute atomic E-state index is 12.1. The van der Waals surface area contributed by atoms with E-state index in [1.165, 1.54) is 0 Å². The zero-order valence-corrected chi connectivity index (χ0v) is 11.5. The van der Waals surface area contributed by atoms with Gasteiger partial charge in [-0.1, -0.05) is 0 Å². The molecule has 0 radical (unpaired) electrons. The van der Waals surface area contributed by atoms with E-state index in [1.54, 1.807) is 18.3 Å². The molecule has 0 spiro atoms. The van der Waals surface area contributed by atoms with Crippen LogP contribution in [0.25, 0.3) is 0 Å². The highest BCUT2D eigenvalue weighted by Crippen LogP contribution is 2.17. The molecule has 7 nitrogen and oxygen atoms in total. The Morgan fingerprint density at radius 1 is 1.40 bits per heavy atom. The number of rotatable bonds is 4. The van der Waals surface area contributed by atoms with Crippen LogP contribution in [0, 0.1) is 0 Å². The van der Waals surface area contributed by atoms with Crippen molar-refractivity contribution in [2.45, 2.75) is 24.9 Å². The number of nitrogens with zero attached hydrogens (tertiary/aromatic N) is 2. The zero-order chi connectivity index (χ0) is 14.7. The Balaban J connectivity index is 1.98. The molecule has 2 atom stereocenters. The number of carboxylic acid groups (broad SMARTS) is 1. The van der Waals surface area contributed by atoms with E-state index in [-0.39, 0.29) is 5.91 Å². The summed E-state index contributed by atoms with van der Waals surface area (Å²) < 4.78 is 0. The first-order valence-electron chi connectivity index (χ1n) is 6.40. The molecule has 3 N–H and O–H groups in total. The molecule has 0 aromatic carbocycles. The third-order valence-corrected chi connectivity index (χ3v) is 3.23. The van der Waals surface area contributed by atoms with Crippen molar-refractivity contribution < 1.29 is 14.7 Å². The summed E-state index contributed by atoms with van der Waals surface area (Å²) in [6, 6.07) is 2.36. The van der Waals surface area contributed by atoms with Gasteiger partial charge in [-0.25, -0.2) is 4.98 Å². The molecule has 20 heavy (non-hydrogen) atoms. The van der Waals surface area contributed by atoms with Gasteiger partial charge in [0.05, 0.1) is 6.04 Å². The molecule has 1 fully saturated rings. The van der Waals surface area contributed by atoms with Gasteiger partial charge in [-0.2, -0.15) is 0 Å².